The van der Waals surface area contributed by atoms with Crippen LogP contribution in [0, 0.1) is 29.6 Å². The van der Waals surface area contributed by atoms with Crippen molar-refractivity contribution in [3.8, 4) is 12.1 Å². The predicted octanol–water partition coefficient (Wildman–Crippen LogP) is 1.70. The van der Waals surface area contributed by atoms with E-state index >= 15 is 0 Å². The molecule has 3 rings (SSSR count). The van der Waals surface area contributed by atoms with Crippen LogP contribution >= 0.6 is 0 Å². The molecule has 1 aliphatic rings. The number of carbonyl (C=O) groups is 2. The fourth-order valence-corrected chi connectivity index (χ4v) is 3.05. The highest BCUT2D eigenvalue weighted by atomic mass is 16.2. The van der Waals surface area contributed by atoms with Crippen molar-refractivity contribution >= 4 is 23.2 Å². The summed E-state index contributed by atoms with van der Waals surface area (Å²) in [5, 5.41) is 21.2. The molecule has 0 unspecified atom stereocenters. The molecule has 0 atom stereocenters. The Morgan fingerprint density at radius 3 is 2.62 bits per heavy atom. The van der Waals surface area contributed by atoms with E-state index in [1.165, 1.54) is 9.47 Å². The summed E-state index contributed by atoms with van der Waals surface area (Å²) in [6, 6.07) is 10.8. The number of para-hydroxylation sites is 2. The molecule has 0 aliphatic carbocycles. The lowest BCUT2D eigenvalue weighted by atomic mass is 9.96. The molecule has 2 heterocycles. The van der Waals surface area contributed by atoms with Gasteiger partial charge in [0, 0.05) is 0 Å². The number of anilines is 2. The van der Waals surface area contributed by atoms with Gasteiger partial charge in [0.05, 0.1) is 11.4 Å². The number of rotatable bonds is 2. The van der Waals surface area contributed by atoms with Gasteiger partial charge in [-0.2, -0.15) is 10.5 Å². The predicted molar refractivity (Wildman–Crippen MR) is 93.0 cm³/mol. The Bertz CT molecular complexity index is 1010. The Kier molecular flexibility index (Phi) is 3.97. The highest BCUT2D eigenvalue weighted by Gasteiger charge is 2.43. The lowest BCUT2D eigenvalue weighted by molar-refractivity contribution is -0.126. The minimum Gasteiger partial charge on any atom is -0.322 e. The van der Waals surface area contributed by atoms with Gasteiger partial charge in [0.1, 0.15) is 30.0 Å². The number of hydrogen-bond donors (Lipinski definition) is 1. The number of imidazole rings is 1. The summed E-state index contributed by atoms with van der Waals surface area (Å²) in [6.07, 6.45) is 0. The Labute approximate surface area is 150 Å². The Morgan fingerprint density at radius 1 is 1.27 bits per heavy atom. The number of amides is 2. The lowest BCUT2D eigenvalue weighted by Gasteiger charge is -2.42. The van der Waals surface area contributed by atoms with E-state index in [0.717, 1.165) is 0 Å². The largest absolute Gasteiger partial charge is 0.322 e. The number of carbonyl (C=O) groups excluding carboxylic acids is 2. The zero-order valence-electron chi connectivity index (χ0n) is 14.6. The van der Waals surface area contributed by atoms with Crippen molar-refractivity contribution < 1.29 is 9.59 Å². The third-order valence-electron chi connectivity index (χ3n) is 4.42. The fraction of sp³-hybridized carbons (Fsp3) is 0.278. The molecular formula is C18H16N6O2. The number of aromatic nitrogens is 2. The number of benzene rings is 1. The minimum atomic E-state index is -1.11. The molecule has 0 spiro atoms. The first kappa shape index (κ1) is 17.2. The molecule has 8 heteroatoms. The average molecular weight is 348 g/mol. The van der Waals surface area contributed by atoms with E-state index in [0.29, 0.717) is 17.2 Å². The molecule has 0 saturated carbocycles. The average Bonchev–Trinajstić information content (AvgIpc) is 2.90. The van der Waals surface area contributed by atoms with Crippen molar-refractivity contribution in [1.82, 2.24) is 9.55 Å². The number of fused-ring (bicyclic) bond motifs is 1. The smallest absolute Gasteiger partial charge is 0.250 e. The van der Waals surface area contributed by atoms with Crippen LogP contribution in [0.1, 0.15) is 31.1 Å². The second kappa shape index (κ2) is 6.01. The molecule has 0 saturated heterocycles. The summed E-state index contributed by atoms with van der Waals surface area (Å²) in [6.45, 7) is 4.73. The van der Waals surface area contributed by atoms with Crippen molar-refractivity contribution in [1.29, 1.82) is 10.5 Å². The van der Waals surface area contributed by atoms with Gasteiger partial charge in [0.25, 0.3) is 0 Å². The number of nitrogens with one attached hydrogen (secondary N) is 1. The minimum absolute atomic E-state index is 0.0196. The van der Waals surface area contributed by atoms with Crippen LogP contribution < -0.4 is 10.2 Å². The van der Waals surface area contributed by atoms with E-state index in [9.17, 15) is 14.9 Å². The SMILES string of the molecule is Cc1nc(C#N)c(C#N)n1CC(=O)N1c2ccccc2NC(=O)C1(C)C. The molecule has 1 N–H and O–H groups in total. The third kappa shape index (κ3) is 2.49. The summed E-state index contributed by atoms with van der Waals surface area (Å²) in [5.41, 5.74) is 0.0366. The molecular weight excluding hydrogens is 332 g/mol. The van der Waals surface area contributed by atoms with Gasteiger partial charge in [0.2, 0.25) is 11.8 Å². The van der Waals surface area contributed by atoms with Crippen LogP contribution in [0.25, 0.3) is 0 Å². The van der Waals surface area contributed by atoms with Crippen molar-refractivity contribution in [2.45, 2.75) is 32.9 Å². The van der Waals surface area contributed by atoms with Crippen LogP contribution in [0.2, 0.25) is 0 Å². The summed E-state index contributed by atoms with van der Waals surface area (Å²) in [4.78, 5) is 31.0. The first-order valence-corrected chi connectivity index (χ1v) is 7.92. The van der Waals surface area contributed by atoms with Crippen molar-refractivity contribution in [2.24, 2.45) is 0 Å². The molecule has 2 aromatic rings. The maximum atomic E-state index is 13.1. The first-order valence-electron chi connectivity index (χ1n) is 7.92. The Morgan fingerprint density at radius 2 is 1.96 bits per heavy atom. The first-order chi connectivity index (χ1) is 12.3. The van der Waals surface area contributed by atoms with Gasteiger partial charge in [0.15, 0.2) is 11.4 Å². The second-order valence-electron chi connectivity index (χ2n) is 6.43. The van der Waals surface area contributed by atoms with Gasteiger partial charge in [-0.1, -0.05) is 12.1 Å². The van der Waals surface area contributed by atoms with E-state index in [2.05, 4.69) is 10.3 Å². The summed E-state index contributed by atoms with van der Waals surface area (Å²) in [7, 11) is 0. The maximum absolute atomic E-state index is 13.1. The van der Waals surface area contributed by atoms with Crippen LogP contribution in [0.15, 0.2) is 24.3 Å². The van der Waals surface area contributed by atoms with E-state index in [-0.39, 0.29) is 29.7 Å². The van der Waals surface area contributed by atoms with Gasteiger partial charge in [-0.05, 0) is 32.9 Å². The zero-order chi connectivity index (χ0) is 19.1. The quantitative estimate of drug-likeness (QED) is 0.887. The van der Waals surface area contributed by atoms with Crippen molar-refractivity contribution in [2.75, 3.05) is 10.2 Å². The standard InChI is InChI=1S/C18H16N6O2/c1-11-21-13(8-19)15(9-20)23(11)10-16(25)24-14-7-5-4-6-12(14)22-17(26)18(24,2)3/h4-7H,10H2,1-3H3,(H,22,26). The van der Waals surface area contributed by atoms with E-state index in [1.807, 2.05) is 12.1 Å². The number of hydrogen-bond acceptors (Lipinski definition) is 5. The normalized spacial score (nSPS) is 14.8. The molecule has 26 heavy (non-hydrogen) atoms. The summed E-state index contributed by atoms with van der Waals surface area (Å²) >= 11 is 0. The molecule has 0 fully saturated rings. The zero-order valence-corrected chi connectivity index (χ0v) is 14.6. The lowest BCUT2D eigenvalue weighted by Crippen LogP contribution is -2.59. The van der Waals surface area contributed by atoms with Gasteiger partial charge in [-0.3, -0.25) is 14.5 Å². The highest BCUT2D eigenvalue weighted by molar-refractivity contribution is 6.14. The van der Waals surface area contributed by atoms with Crippen LogP contribution in [0.3, 0.4) is 0 Å². The van der Waals surface area contributed by atoms with Crippen LogP contribution in [-0.4, -0.2) is 26.9 Å². The van der Waals surface area contributed by atoms with Gasteiger partial charge >= 0.3 is 0 Å². The Balaban J connectivity index is 2.06. The molecule has 1 aromatic carbocycles. The molecule has 2 amide bonds. The van der Waals surface area contributed by atoms with Gasteiger partial charge in [-0.15, -0.1) is 0 Å². The van der Waals surface area contributed by atoms with Crippen molar-refractivity contribution in [3.63, 3.8) is 0 Å². The summed E-state index contributed by atoms with van der Waals surface area (Å²) in [5.74, 6) is -0.289. The molecule has 0 radical (unpaired) electrons. The fourth-order valence-electron chi connectivity index (χ4n) is 3.05. The van der Waals surface area contributed by atoms with Crippen LogP contribution in [-0.2, 0) is 16.1 Å². The Hall–Kier alpha value is -3.65. The van der Waals surface area contributed by atoms with E-state index in [1.54, 1.807) is 45.0 Å². The maximum Gasteiger partial charge on any atom is 0.250 e. The molecule has 130 valence electrons. The topological polar surface area (TPSA) is 115 Å². The second-order valence-corrected chi connectivity index (χ2v) is 6.43. The van der Waals surface area contributed by atoms with Gasteiger partial charge < -0.3 is 9.88 Å². The van der Waals surface area contributed by atoms with Gasteiger partial charge in [-0.25, -0.2) is 4.98 Å². The molecule has 8 nitrogen and oxygen atoms in total. The molecule has 1 aliphatic heterocycles. The van der Waals surface area contributed by atoms with E-state index in [4.69, 9.17) is 5.26 Å². The monoisotopic (exact) mass is 348 g/mol. The van der Waals surface area contributed by atoms with E-state index < -0.39 is 5.54 Å². The number of aryl methyl sites for hydroxylation is 1. The van der Waals surface area contributed by atoms with Crippen LogP contribution in [0.4, 0.5) is 11.4 Å². The number of nitrogens with zero attached hydrogens (tertiary/aromatic N) is 5. The summed E-state index contributed by atoms with van der Waals surface area (Å²) < 4.78 is 1.39. The van der Waals surface area contributed by atoms with Crippen molar-refractivity contribution in [3.05, 3.63) is 41.5 Å². The highest BCUT2D eigenvalue weighted by Crippen LogP contribution is 2.36. The number of nitriles is 2. The third-order valence-corrected chi connectivity index (χ3v) is 4.42. The molecule has 0 bridgehead atoms. The van der Waals surface area contributed by atoms with Crippen LogP contribution in [0.5, 0.6) is 0 Å². The molecule has 1 aromatic heterocycles.